The van der Waals surface area contributed by atoms with Gasteiger partial charge in [0.05, 0.1) is 11.5 Å². The molecule has 0 aromatic carbocycles. The summed E-state index contributed by atoms with van der Waals surface area (Å²) in [5, 5.41) is 11.3. The summed E-state index contributed by atoms with van der Waals surface area (Å²) in [5.41, 5.74) is 1.73. The summed E-state index contributed by atoms with van der Waals surface area (Å²) >= 11 is 0. The van der Waals surface area contributed by atoms with Gasteiger partial charge in [-0.3, -0.25) is 4.79 Å². The number of carbonyl (C=O) groups excluding carboxylic acids is 1. The minimum absolute atomic E-state index is 0.0260. The number of sulfone groups is 1. The van der Waals surface area contributed by atoms with Crippen LogP contribution in [0.25, 0.3) is 0 Å². The van der Waals surface area contributed by atoms with Crippen molar-refractivity contribution in [3.05, 3.63) is 29.5 Å². The Morgan fingerprint density at radius 3 is 2.77 bits per heavy atom. The van der Waals surface area contributed by atoms with E-state index in [0.29, 0.717) is 12.2 Å². The van der Waals surface area contributed by atoms with Gasteiger partial charge in [-0.2, -0.15) is 0 Å². The first-order valence-electron chi connectivity index (χ1n) is 9.18. The number of amides is 1. The zero-order valence-corrected chi connectivity index (χ0v) is 16.0. The topological polar surface area (TPSA) is 92.3 Å². The molecule has 142 valence electrons. The molecule has 1 saturated heterocycles. The van der Waals surface area contributed by atoms with Crippen LogP contribution in [0.5, 0.6) is 0 Å². The van der Waals surface area contributed by atoms with Crippen LogP contribution in [-0.4, -0.2) is 60.6 Å². The lowest BCUT2D eigenvalue weighted by atomic mass is 9.97. The Morgan fingerprint density at radius 1 is 1.31 bits per heavy atom. The Kier molecular flexibility index (Phi) is 5.90. The highest BCUT2D eigenvalue weighted by molar-refractivity contribution is 7.91. The summed E-state index contributed by atoms with van der Waals surface area (Å²) < 4.78 is 23.2. The number of hydrogen-bond acceptors (Lipinski definition) is 6. The molecule has 3 rings (SSSR count). The number of allylic oxidation sites excluding steroid dienone is 1. The van der Waals surface area contributed by atoms with Gasteiger partial charge in [0.25, 0.3) is 5.91 Å². The smallest absolute Gasteiger partial charge is 0.274 e. The molecule has 0 saturated carbocycles. The SMILES string of the molecule is CN(C(=O)c1ccc(NCCC2=CCCCC2)nn1)C1CCS(=O)(=O)C1. The zero-order valence-electron chi connectivity index (χ0n) is 15.1. The van der Waals surface area contributed by atoms with Crippen molar-refractivity contribution < 1.29 is 13.2 Å². The number of anilines is 1. The first kappa shape index (κ1) is 18.8. The van der Waals surface area contributed by atoms with Gasteiger partial charge in [0.1, 0.15) is 5.82 Å². The third kappa shape index (κ3) is 4.81. The maximum absolute atomic E-state index is 12.5. The molecule has 1 aromatic heterocycles. The Morgan fingerprint density at radius 2 is 2.15 bits per heavy atom. The van der Waals surface area contributed by atoms with Gasteiger partial charge >= 0.3 is 0 Å². The summed E-state index contributed by atoms with van der Waals surface area (Å²) in [4.78, 5) is 13.9. The van der Waals surface area contributed by atoms with Crippen LogP contribution in [0.4, 0.5) is 5.82 Å². The van der Waals surface area contributed by atoms with E-state index in [-0.39, 0.29) is 29.1 Å². The maximum atomic E-state index is 12.5. The standard InChI is InChI=1S/C18H26N4O3S/c1-22(15-10-12-26(24,25)13-15)18(23)16-7-8-17(21-20-16)19-11-9-14-5-3-2-4-6-14/h5,7-8,15H,2-4,6,9-13H2,1H3,(H,19,21). The molecule has 0 spiro atoms. The summed E-state index contributed by atoms with van der Waals surface area (Å²) in [5.74, 6) is 0.515. The summed E-state index contributed by atoms with van der Waals surface area (Å²) in [7, 11) is -1.40. The van der Waals surface area contributed by atoms with Crippen LogP contribution in [-0.2, 0) is 9.84 Å². The number of nitrogens with one attached hydrogen (secondary N) is 1. The lowest BCUT2D eigenvalue weighted by Crippen LogP contribution is -2.38. The van der Waals surface area contributed by atoms with Crippen LogP contribution >= 0.6 is 0 Å². The monoisotopic (exact) mass is 378 g/mol. The van der Waals surface area contributed by atoms with Crippen molar-refractivity contribution in [2.45, 2.75) is 44.6 Å². The third-order valence-corrected chi connectivity index (χ3v) is 6.85. The third-order valence-electron chi connectivity index (χ3n) is 5.10. The second-order valence-corrected chi connectivity index (χ2v) is 9.29. The van der Waals surface area contributed by atoms with Crippen molar-refractivity contribution in [3.63, 3.8) is 0 Å². The predicted molar refractivity (Wildman–Crippen MR) is 101 cm³/mol. The molecule has 1 atom stereocenters. The molecule has 1 aromatic rings. The molecule has 1 amide bonds. The van der Waals surface area contributed by atoms with Crippen molar-refractivity contribution >= 4 is 21.6 Å². The fraction of sp³-hybridized carbons (Fsp3) is 0.611. The van der Waals surface area contributed by atoms with Gasteiger partial charge in [-0.15, -0.1) is 10.2 Å². The summed E-state index contributed by atoms with van der Waals surface area (Å²) in [6.45, 7) is 0.799. The minimum atomic E-state index is -3.03. The highest BCUT2D eigenvalue weighted by Crippen LogP contribution is 2.20. The second kappa shape index (κ2) is 8.16. The van der Waals surface area contributed by atoms with Gasteiger partial charge in [0.15, 0.2) is 15.5 Å². The molecular formula is C18H26N4O3S. The summed E-state index contributed by atoms with van der Waals surface area (Å²) in [6, 6.07) is 3.10. The number of rotatable bonds is 6. The molecule has 0 bridgehead atoms. The van der Waals surface area contributed by atoms with E-state index in [9.17, 15) is 13.2 Å². The number of nitrogens with zero attached hydrogens (tertiary/aromatic N) is 3. The van der Waals surface area contributed by atoms with E-state index in [0.717, 1.165) is 13.0 Å². The molecule has 0 radical (unpaired) electrons. The van der Waals surface area contributed by atoms with Gasteiger partial charge in [0.2, 0.25) is 0 Å². The quantitative estimate of drug-likeness (QED) is 0.762. The van der Waals surface area contributed by atoms with Gasteiger partial charge in [-0.25, -0.2) is 8.42 Å². The van der Waals surface area contributed by atoms with Crippen molar-refractivity contribution in [2.75, 3.05) is 30.4 Å². The van der Waals surface area contributed by atoms with Gasteiger partial charge in [-0.05, 0) is 50.7 Å². The van der Waals surface area contributed by atoms with Crippen LogP contribution in [0.2, 0.25) is 0 Å². The Balaban J connectivity index is 1.51. The molecule has 8 heteroatoms. The highest BCUT2D eigenvalue weighted by Gasteiger charge is 2.33. The minimum Gasteiger partial charge on any atom is -0.368 e. The first-order valence-corrected chi connectivity index (χ1v) is 11.0. The van der Waals surface area contributed by atoms with E-state index in [1.54, 1.807) is 19.2 Å². The summed E-state index contributed by atoms with van der Waals surface area (Å²) in [6.07, 6.45) is 8.75. The van der Waals surface area contributed by atoms with Gasteiger partial charge < -0.3 is 10.2 Å². The zero-order chi connectivity index (χ0) is 18.6. The van der Waals surface area contributed by atoms with Gasteiger partial charge in [0, 0.05) is 19.6 Å². The molecular weight excluding hydrogens is 352 g/mol. The van der Waals surface area contributed by atoms with E-state index < -0.39 is 9.84 Å². The van der Waals surface area contributed by atoms with Crippen LogP contribution in [0.15, 0.2) is 23.8 Å². The van der Waals surface area contributed by atoms with E-state index in [1.807, 2.05) is 0 Å². The van der Waals surface area contributed by atoms with Crippen molar-refractivity contribution in [1.29, 1.82) is 0 Å². The number of carbonyl (C=O) groups is 1. The molecule has 7 nitrogen and oxygen atoms in total. The second-order valence-electron chi connectivity index (χ2n) is 7.06. The predicted octanol–water partition coefficient (Wildman–Crippen LogP) is 2.04. The Labute approximate surface area is 154 Å². The van der Waals surface area contributed by atoms with Crippen molar-refractivity contribution in [1.82, 2.24) is 15.1 Å². The van der Waals surface area contributed by atoms with Crippen LogP contribution in [0.3, 0.4) is 0 Å². The molecule has 1 aliphatic carbocycles. The molecule has 1 fully saturated rings. The largest absolute Gasteiger partial charge is 0.368 e. The van der Waals surface area contributed by atoms with Crippen LogP contribution in [0.1, 0.15) is 49.0 Å². The molecule has 26 heavy (non-hydrogen) atoms. The maximum Gasteiger partial charge on any atom is 0.274 e. The van der Waals surface area contributed by atoms with Gasteiger partial charge in [-0.1, -0.05) is 11.6 Å². The van der Waals surface area contributed by atoms with Crippen LogP contribution in [0, 0.1) is 0 Å². The Hall–Kier alpha value is -1.96. The average Bonchev–Trinajstić information content (AvgIpc) is 3.02. The Bertz CT molecular complexity index is 774. The van der Waals surface area contributed by atoms with E-state index in [1.165, 1.54) is 36.2 Å². The lowest BCUT2D eigenvalue weighted by Gasteiger charge is -2.22. The van der Waals surface area contributed by atoms with E-state index >= 15 is 0 Å². The average molecular weight is 378 g/mol. The normalized spacial score (nSPS) is 21.9. The first-order chi connectivity index (χ1) is 12.4. The van der Waals surface area contributed by atoms with E-state index in [4.69, 9.17) is 0 Å². The fourth-order valence-electron chi connectivity index (χ4n) is 3.45. The molecule has 1 N–H and O–H groups in total. The molecule has 1 unspecified atom stereocenters. The molecule has 2 heterocycles. The van der Waals surface area contributed by atoms with Crippen molar-refractivity contribution in [2.24, 2.45) is 0 Å². The van der Waals surface area contributed by atoms with Crippen LogP contribution < -0.4 is 5.32 Å². The van der Waals surface area contributed by atoms with Crippen molar-refractivity contribution in [3.8, 4) is 0 Å². The molecule has 1 aliphatic heterocycles. The highest BCUT2D eigenvalue weighted by atomic mass is 32.2. The molecule has 2 aliphatic rings. The fourth-order valence-corrected chi connectivity index (χ4v) is 5.23. The number of aromatic nitrogens is 2. The lowest BCUT2D eigenvalue weighted by molar-refractivity contribution is 0.0740. The number of hydrogen-bond donors (Lipinski definition) is 1. The van der Waals surface area contributed by atoms with E-state index in [2.05, 4.69) is 21.6 Å².